The Kier molecular flexibility index (Phi) is 49.5. The molecular weight excluding hydrogens is 649 g/mol. The predicted molar refractivity (Wildman–Crippen MR) is 251 cm³/mol. The second-order valence-electron chi connectivity index (χ2n) is 17.7. The van der Waals surface area contributed by atoms with Gasteiger partial charge in [0.2, 0.25) is 0 Å². The average Bonchev–Trinajstić information content (AvgIpc) is 3.18. The lowest BCUT2D eigenvalue weighted by molar-refractivity contribution is 0.530. The molecule has 0 atom stereocenters. The van der Waals surface area contributed by atoms with Crippen molar-refractivity contribution >= 4 is 0 Å². The standard InChI is InChI=1S/C54H104/c1-4-7-10-13-16-19-22-25-28-30-32-35-38-41-44-47-50-53-54(51-48-45-42-39-36-33-27-24-21-18-15-12-9-6-3)52-49-46-43-40-37-34-31-29-26-23-20-17-14-11-8-5-2/h48-49,51-53H,4-47,50H2,1-3H3. The van der Waals surface area contributed by atoms with Crippen molar-refractivity contribution in [3.05, 3.63) is 36.0 Å². The average molecular weight is 753 g/mol. The van der Waals surface area contributed by atoms with Crippen LogP contribution in [0.4, 0.5) is 0 Å². The van der Waals surface area contributed by atoms with E-state index in [9.17, 15) is 0 Å². The number of allylic oxidation sites excluding steroid dienone is 6. The Morgan fingerprint density at radius 3 is 0.630 bits per heavy atom. The molecule has 0 aromatic rings. The van der Waals surface area contributed by atoms with Crippen LogP contribution in [-0.2, 0) is 0 Å². The molecule has 0 aliphatic rings. The van der Waals surface area contributed by atoms with E-state index in [4.69, 9.17) is 0 Å². The van der Waals surface area contributed by atoms with E-state index in [0.717, 1.165) is 0 Å². The third kappa shape index (κ3) is 47.4. The van der Waals surface area contributed by atoms with E-state index >= 15 is 0 Å². The topological polar surface area (TPSA) is 0 Å². The van der Waals surface area contributed by atoms with Crippen molar-refractivity contribution in [1.82, 2.24) is 0 Å². The van der Waals surface area contributed by atoms with Gasteiger partial charge in [0.25, 0.3) is 0 Å². The van der Waals surface area contributed by atoms with Crippen LogP contribution in [-0.4, -0.2) is 0 Å². The largest absolute Gasteiger partial charge is 0.0840 e. The molecule has 0 fully saturated rings. The normalized spacial score (nSPS) is 12.3. The van der Waals surface area contributed by atoms with Crippen LogP contribution in [0.5, 0.6) is 0 Å². The Bertz CT molecular complexity index is 739. The van der Waals surface area contributed by atoms with E-state index in [2.05, 4.69) is 51.2 Å². The zero-order chi connectivity index (χ0) is 38.9. The molecular formula is C54H104. The van der Waals surface area contributed by atoms with E-state index < -0.39 is 0 Å². The number of unbranched alkanes of at least 4 members (excludes halogenated alkanes) is 42. The van der Waals surface area contributed by atoms with Gasteiger partial charge in [0.1, 0.15) is 0 Å². The van der Waals surface area contributed by atoms with Gasteiger partial charge in [-0.3, -0.25) is 0 Å². The molecule has 0 saturated carbocycles. The first-order valence-corrected chi connectivity index (χ1v) is 25.9. The summed E-state index contributed by atoms with van der Waals surface area (Å²) in [5.41, 5.74) is 1.47. The smallest absolute Gasteiger partial charge is 0.0303 e. The molecule has 0 heterocycles. The minimum atomic E-state index is 1.25. The lowest BCUT2D eigenvalue weighted by Gasteiger charge is -2.04. The van der Waals surface area contributed by atoms with Gasteiger partial charge < -0.3 is 0 Å². The molecule has 0 saturated heterocycles. The molecule has 0 aliphatic carbocycles. The predicted octanol–water partition coefficient (Wildman–Crippen LogP) is 20.6. The van der Waals surface area contributed by atoms with Crippen LogP contribution in [0.25, 0.3) is 0 Å². The number of hydrogen-bond donors (Lipinski definition) is 0. The van der Waals surface area contributed by atoms with Gasteiger partial charge in [-0.05, 0) is 44.1 Å². The molecule has 0 nitrogen and oxygen atoms in total. The van der Waals surface area contributed by atoms with Crippen molar-refractivity contribution in [3.8, 4) is 0 Å². The molecule has 0 spiro atoms. The summed E-state index contributed by atoms with van der Waals surface area (Å²) in [6.07, 6.45) is 76.8. The molecule has 0 unspecified atom stereocenters. The quantitative estimate of drug-likeness (QED) is 0.0429. The number of rotatable bonds is 47. The fourth-order valence-corrected chi connectivity index (χ4v) is 8.15. The molecule has 0 radical (unpaired) electrons. The second kappa shape index (κ2) is 50.2. The highest BCUT2D eigenvalue weighted by Gasteiger charge is 1.98. The molecule has 320 valence electrons. The lowest BCUT2D eigenvalue weighted by Crippen LogP contribution is -1.84. The molecule has 0 amide bonds. The van der Waals surface area contributed by atoms with E-state index in [1.54, 1.807) is 0 Å². The van der Waals surface area contributed by atoms with Crippen LogP contribution >= 0.6 is 0 Å². The second-order valence-corrected chi connectivity index (χ2v) is 17.7. The van der Waals surface area contributed by atoms with Crippen LogP contribution in [0.1, 0.15) is 310 Å². The van der Waals surface area contributed by atoms with Gasteiger partial charge in [-0.1, -0.05) is 302 Å². The van der Waals surface area contributed by atoms with Gasteiger partial charge in [0, 0.05) is 0 Å². The Morgan fingerprint density at radius 2 is 0.407 bits per heavy atom. The monoisotopic (exact) mass is 753 g/mol. The summed E-state index contributed by atoms with van der Waals surface area (Å²) in [7, 11) is 0. The van der Waals surface area contributed by atoms with Gasteiger partial charge >= 0.3 is 0 Å². The van der Waals surface area contributed by atoms with Crippen molar-refractivity contribution in [2.24, 2.45) is 0 Å². The van der Waals surface area contributed by atoms with Gasteiger partial charge in [-0.2, -0.15) is 0 Å². The first-order chi connectivity index (χ1) is 26.8. The van der Waals surface area contributed by atoms with Crippen LogP contribution in [0.2, 0.25) is 0 Å². The summed E-state index contributed by atoms with van der Waals surface area (Å²) in [5, 5.41) is 0. The summed E-state index contributed by atoms with van der Waals surface area (Å²) in [4.78, 5) is 0. The van der Waals surface area contributed by atoms with Crippen LogP contribution < -0.4 is 0 Å². The van der Waals surface area contributed by atoms with Crippen molar-refractivity contribution < 1.29 is 0 Å². The first kappa shape index (κ1) is 53.2. The van der Waals surface area contributed by atoms with E-state index in [1.165, 1.54) is 295 Å². The lowest BCUT2D eigenvalue weighted by atomic mass is 10.0. The third-order valence-corrected chi connectivity index (χ3v) is 12.0. The minimum Gasteiger partial charge on any atom is -0.0840 e. The fourth-order valence-electron chi connectivity index (χ4n) is 8.15. The van der Waals surface area contributed by atoms with Gasteiger partial charge in [-0.25, -0.2) is 0 Å². The molecule has 0 heteroatoms. The molecule has 0 bridgehead atoms. The van der Waals surface area contributed by atoms with Crippen LogP contribution in [0, 0.1) is 0 Å². The Hall–Kier alpha value is -0.780. The Labute approximate surface area is 344 Å². The highest BCUT2D eigenvalue weighted by Crippen LogP contribution is 2.17. The molecule has 0 rings (SSSR count). The van der Waals surface area contributed by atoms with Crippen molar-refractivity contribution in [2.45, 2.75) is 310 Å². The maximum absolute atomic E-state index is 2.55. The third-order valence-electron chi connectivity index (χ3n) is 12.0. The molecule has 0 aromatic carbocycles. The molecule has 0 N–H and O–H groups in total. The Balaban J connectivity index is 4.14. The van der Waals surface area contributed by atoms with E-state index in [0.29, 0.717) is 0 Å². The van der Waals surface area contributed by atoms with Gasteiger partial charge in [-0.15, -0.1) is 0 Å². The Morgan fingerprint density at radius 1 is 0.222 bits per heavy atom. The number of hydrogen-bond acceptors (Lipinski definition) is 0. The summed E-state index contributed by atoms with van der Waals surface area (Å²) in [6, 6.07) is 0. The van der Waals surface area contributed by atoms with Crippen molar-refractivity contribution in [1.29, 1.82) is 0 Å². The summed E-state index contributed by atoms with van der Waals surface area (Å²) < 4.78 is 0. The fraction of sp³-hybridized carbons (Fsp3) is 0.889. The maximum Gasteiger partial charge on any atom is -0.0303 e. The van der Waals surface area contributed by atoms with Crippen molar-refractivity contribution in [2.75, 3.05) is 0 Å². The molecule has 0 aromatic heterocycles. The zero-order valence-electron chi connectivity index (χ0n) is 38.2. The highest BCUT2D eigenvalue weighted by atomic mass is 14.0. The van der Waals surface area contributed by atoms with E-state index in [-0.39, 0.29) is 0 Å². The summed E-state index contributed by atoms with van der Waals surface area (Å²) in [5.74, 6) is 0. The molecule has 54 heavy (non-hydrogen) atoms. The van der Waals surface area contributed by atoms with Gasteiger partial charge in [0.15, 0.2) is 0 Å². The maximum atomic E-state index is 2.55. The van der Waals surface area contributed by atoms with Crippen molar-refractivity contribution in [3.63, 3.8) is 0 Å². The zero-order valence-corrected chi connectivity index (χ0v) is 38.2. The minimum absolute atomic E-state index is 1.25. The van der Waals surface area contributed by atoms with Crippen LogP contribution in [0.3, 0.4) is 0 Å². The van der Waals surface area contributed by atoms with E-state index in [1.807, 2.05) is 0 Å². The first-order valence-electron chi connectivity index (χ1n) is 25.9. The van der Waals surface area contributed by atoms with Gasteiger partial charge in [0.05, 0.1) is 0 Å². The SMILES string of the molecule is CCCCCCCCCCCCCCC=CC(C=CCCCCCCCCCCCCCCCC)=CCCCCCCCCCCCCCCCCCC. The highest BCUT2D eigenvalue weighted by molar-refractivity contribution is 5.30. The van der Waals surface area contributed by atoms with Crippen LogP contribution in [0.15, 0.2) is 36.0 Å². The summed E-state index contributed by atoms with van der Waals surface area (Å²) >= 11 is 0. The summed E-state index contributed by atoms with van der Waals surface area (Å²) in [6.45, 7) is 6.94. The molecule has 0 aliphatic heterocycles.